The number of hydrogen-bond donors (Lipinski definition) is 1. The van der Waals surface area contributed by atoms with Crippen molar-refractivity contribution in [1.82, 2.24) is 4.98 Å². The van der Waals surface area contributed by atoms with Crippen LogP contribution in [0.1, 0.15) is 5.69 Å². The first-order valence-corrected chi connectivity index (χ1v) is 4.59. The van der Waals surface area contributed by atoms with Crippen molar-refractivity contribution in [2.24, 2.45) is 5.14 Å². The highest BCUT2D eigenvalue weighted by atomic mass is 32.2. The van der Waals surface area contributed by atoms with Gasteiger partial charge in [-0.2, -0.15) is 13.6 Å². The van der Waals surface area contributed by atoms with E-state index in [4.69, 9.17) is 0 Å². The summed E-state index contributed by atoms with van der Waals surface area (Å²) in [6.45, 7) is 1.78. The molecule has 0 bridgehead atoms. The molecule has 0 saturated heterocycles. The van der Waals surface area contributed by atoms with Gasteiger partial charge in [-0.3, -0.25) is 4.98 Å². The first-order valence-electron chi connectivity index (χ1n) is 3.12. The van der Waals surface area contributed by atoms with Crippen LogP contribution in [-0.2, 0) is 10.3 Å². The molecule has 1 heterocycles. The molecule has 5 nitrogen and oxygen atoms in total. The average molecular weight is 188 g/mol. The van der Waals surface area contributed by atoms with Crippen molar-refractivity contribution >= 4 is 10.3 Å². The molecule has 12 heavy (non-hydrogen) atoms. The second-order valence-electron chi connectivity index (χ2n) is 2.21. The van der Waals surface area contributed by atoms with Gasteiger partial charge in [-0.25, -0.2) is 0 Å². The zero-order valence-corrected chi connectivity index (χ0v) is 7.21. The molecular formula is C6H8N2O3S. The summed E-state index contributed by atoms with van der Waals surface area (Å²) in [5.41, 5.74) is 0.775. The van der Waals surface area contributed by atoms with Crippen molar-refractivity contribution < 1.29 is 12.6 Å². The maximum Gasteiger partial charge on any atom is 0.380 e. The molecule has 1 rings (SSSR count). The molecule has 0 unspecified atom stereocenters. The lowest BCUT2D eigenvalue weighted by Crippen LogP contribution is -2.18. The molecular weight excluding hydrogens is 180 g/mol. The lowest BCUT2D eigenvalue weighted by Gasteiger charge is -2.00. The van der Waals surface area contributed by atoms with Crippen LogP contribution in [0.4, 0.5) is 0 Å². The number of pyridine rings is 1. The summed E-state index contributed by atoms with van der Waals surface area (Å²) in [6.07, 6.45) is 1.29. The Morgan fingerprint density at radius 2 is 2.17 bits per heavy atom. The molecule has 0 aliphatic heterocycles. The Hall–Kier alpha value is -1.14. The van der Waals surface area contributed by atoms with E-state index in [1.165, 1.54) is 12.3 Å². The quantitative estimate of drug-likeness (QED) is 0.706. The maximum atomic E-state index is 10.4. The van der Waals surface area contributed by atoms with Crippen molar-refractivity contribution in [2.45, 2.75) is 6.92 Å². The predicted octanol–water partition coefficient (Wildman–Crippen LogP) is -0.0277. The van der Waals surface area contributed by atoms with Crippen LogP contribution >= 0.6 is 0 Å². The number of nitrogens with zero attached hydrogens (tertiary/aromatic N) is 1. The monoisotopic (exact) mass is 188 g/mol. The smallest absolute Gasteiger partial charge is 0.369 e. The molecule has 0 aliphatic carbocycles. The third-order valence-corrected chi connectivity index (χ3v) is 1.52. The van der Waals surface area contributed by atoms with Crippen molar-refractivity contribution in [3.63, 3.8) is 0 Å². The highest BCUT2D eigenvalue weighted by Gasteiger charge is 2.03. The van der Waals surface area contributed by atoms with E-state index in [9.17, 15) is 8.42 Å². The minimum Gasteiger partial charge on any atom is -0.369 e. The molecule has 0 spiro atoms. The second kappa shape index (κ2) is 3.08. The zero-order chi connectivity index (χ0) is 9.19. The number of rotatable bonds is 2. The lowest BCUT2D eigenvalue weighted by molar-refractivity contribution is 0.486. The number of nitrogens with two attached hydrogens (primary N) is 1. The SMILES string of the molecule is Cc1ccc(OS(N)(=O)=O)cn1. The standard InChI is InChI=1S/C6H8N2O3S/c1-5-2-3-6(4-8-5)11-12(7,9)10/h2-4H,1H3,(H2,7,9,10). The van der Waals surface area contributed by atoms with E-state index < -0.39 is 10.3 Å². The third kappa shape index (κ3) is 2.85. The van der Waals surface area contributed by atoms with E-state index in [-0.39, 0.29) is 5.75 Å². The van der Waals surface area contributed by atoms with Gasteiger partial charge in [0.15, 0.2) is 5.75 Å². The van der Waals surface area contributed by atoms with Crippen LogP contribution in [0, 0.1) is 6.92 Å². The molecule has 0 aromatic carbocycles. The summed E-state index contributed by atoms with van der Waals surface area (Å²) in [7, 11) is -3.93. The van der Waals surface area contributed by atoms with E-state index in [2.05, 4.69) is 14.3 Å². The summed E-state index contributed by atoms with van der Waals surface area (Å²) in [5.74, 6) is 0.114. The van der Waals surface area contributed by atoms with Gasteiger partial charge in [-0.05, 0) is 19.1 Å². The average Bonchev–Trinajstić information content (AvgIpc) is 1.91. The minimum atomic E-state index is -3.93. The largest absolute Gasteiger partial charge is 0.380 e. The van der Waals surface area contributed by atoms with Crippen LogP contribution in [0.3, 0.4) is 0 Å². The van der Waals surface area contributed by atoms with Gasteiger partial charge in [-0.15, -0.1) is 0 Å². The van der Waals surface area contributed by atoms with Gasteiger partial charge in [0.05, 0.1) is 6.20 Å². The Labute approximate surface area is 70.4 Å². The molecule has 0 saturated carbocycles. The maximum absolute atomic E-state index is 10.4. The van der Waals surface area contributed by atoms with Gasteiger partial charge >= 0.3 is 10.3 Å². The predicted molar refractivity (Wildman–Crippen MR) is 42.7 cm³/mol. The molecule has 2 N–H and O–H groups in total. The summed E-state index contributed by atoms with van der Waals surface area (Å²) in [5, 5.41) is 4.63. The lowest BCUT2D eigenvalue weighted by atomic mass is 10.4. The molecule has 0 radical (unpaired) electrons. The van der Waals surface area contributed by atoms with Crippen LogP contribution < -0.4 is 9.32 Å². The van der Waals surface area contributed by atoms with Gasteiger partial charge < -0.3 is 4.18 Å². The van der Waals surface area contributed by atoms with Crippen LogP contribution in [0.25, 0.3) is 0 Å². The van der Waals surface area contributed by atoms with E-state index in [0.717, 1.165) is 5.69 Å². The Kier molecular flexibility index (Phi) is 2.30. The van der Waals surface area contributed by atoms with Crippen molar-refractivity contribution in [2.75, 3.05) is 0 Å². The zero-order valence-electron chi connectivity index (χ0n) is 6.39. The molecule has 0 aliphatic rings. The fourth-order valence-electron chi connectivity index (χ4n) is 0.638. The van der Waals surface area contributed by atoms with Gasteiger partial charge in [-0.1, -0.05) is 0 Å². The van der Waals surface area contributed by atoms with Gasteiger partial charge in [0, 0.05) is 5.69 Å². The normalized spacial score (nSPS) is 11.2. The second-order valence-corrected chi connectivity index (χ2v) is 3.36. The molecule has 66 valence electrons. The minimum absolute atomic E-state index is 0.114. The fraction of sp³-hybridized carbons (Fsp3) is 0.167. The van der Waals surface area contributed by atoms with Crippen LogP contribution in [-0.4, -0.2) is 13.4 Å². The Morgan fingerprint density at radius 1 is 1.50 bits per heavy atom. The highest BCUT2D eigenvalue weighted by Crippen LogP contribution is 2.09. The Bertz CT molecular complexity index is 357. The Morgan fingerprint density at radius 3 is 2.58 bits per heavy atom. The Balaban J connectivity index is 2.85. The summed E-state index contributed by atoms with van der Waals surface area (Å²) in [6, 6.07) is 3.10. The van der Waals surface area contributed by atoms with Crippen LogP contribution in [0.5, 0.6) is 5.75 Å². The van der Waals surface area contributed by atoms with Crippen LogP contribution in [0.2, 0.25) is 0 Å². The summed E-state index contributed by atoms with van der Waals surface area (Å²) < 4.78 is 25.2. The third-order valence-electron chi connectivity index (χ3n) is 1.10. The molecule has 1 aromatic heterocycles. The summed E-state index contributed by atoms with van der Waals surface area (Å²) >= 11 is 0. The van der Waals surface area contributed by atoms with Gasteiger partial charge in [0.2, 0.25) is 0 Å². The molecule has 1 aromatic rings. The number of aromatic nitrogens is 1. The van der Waals surface area contributed by atoms with Gasteiger partial charge in [0.25, 0.3) is 0 Å². The highest BCUT2D eigenvalue weighted by molar-refractivity contribution is 7.84. The topological polar surface area (TPSA) is 82.3 Å². The van der Waals surface area contributed by atoms with E-state index >= 15 is 0 Å². The first kappa shape index (κ1) is 8.95. The summed E-state index contributed by atoms with van der Waals surface area (Å²) in [4.78, 5) is 3.82. The molecule has 6 heteroatoms. The number of hydrogen-bond acceptors (Lipinski definition) is 4. The fourth-order valence-corrected chi connectivity index (χ4v) is 1.00. The van der Waals surface area contributed by atoms with Gasteiger partial charge in [0.1, 0.15) is 0 Å². The van der Waals surface area contributed by atoms with E-state index in [0.29, 0.717) is 0 Å². The van der Waals surface area contributed by atoms with Crippen LogP contribution in [0.15, 0.2) is 18.3 Å². The molecule has 0 fully saturated rings. The molecule has 0 atom stereocenters. The molecule has 0 amide bonds. The van der Waals surface area contributed by atoms with E-state index in [1.807, 2.05) is 0 Å². The first-order chi connectivity index (χ1) is 5.47. The number of aryl methyl sites for hydroxylation is 1. The van der Waals surface area contributed by atoms with Crippen molar-refractivity contribution in [3.05, 3.63) is 24.0 Å². The van der Waals surface area contributed by atoms with Crippen molar-refractivity contribution in [3.8, 4) is 5.75 Å². The van der Waals surface area contributed by atoms with Crippen molar-refractivity contribution in [1.29, 1.82) is 0 Å². The van der Waals surface area contributed by atoms with E-state index in [1.54, 1.807) is 13.0 Å².